The second-order valence-electron chi connectivity index (χ2n) is 4.66. The normalized spacial score (nSPS) is 19.1. The van der Waals surface area contributed by atoms with Crippen molar-refractivity contribution in [2.75, 3.05) is 6.54 Å². The minimum atomic E-state index is 0.788. The first-order valence-electron chi connectivity index (χ1n) is 6.60. The van der Waals surface area contributed by atoms with E-state index in [1.807, 2.05) is 0 Å². The molecule has 0 unspecified atom stereocenters. The molecular formula is C14H25N. The highest BCUT2D eigenvalue weighted by molar-refractivity contribution is 4.83. The van der Waals surface area contributed by atoms with E-state index >= 15 is 0 Å². The van der Waals surface area contributed by atoms with Gasteiger partial charge in [-0.1, -0.05) is 32.1 Å². The van der Waals surface area contributed by atoms with Gasteiger partial charge in [0.15, 0.2) is 0 Å². The summed E-state index contributed by atoms with van der Waals surface area (Å²) in [5, 5.41) is 3.68. The van der Waals surface area contributed by atoms with Crippen LogP contribution in [0.4, 0.5) is 0 Å². The van der Waals surface area contributed by atoms with E-state index in [9.17, 15) is 0 Å². The van der Waals surface area contributed by atoms with Crippen molar-refractivity contribution in [3.05, 3.63) is 0 Å². The molecule has 1 nitrogen and oxygen atoms in total. The van der Waals surface area contributed by atoms with Gasteiger partial charge >= 0.3 is 0 Å². The molecule has 1 fully saturated rings. The summed E-state index contributed by atoms with van der Waals surface area (Å²) in [6.45, 7) is 1.16. The molecule has 0 spiro atoms. The summed E-state index contributed by atoms with van der Waals surface area (Å²) in [6, 6.07) is 0.788. The van der Waals surface area contributed by atoms with Crippen LogP contribution < -0.4 is 5.32 Å². The van der Waals surface area contributed by atoms with E-state index in [-0.39, 0.29) is 0 Å². The van der Waals surface area contributed by atoms with Gasteiger partial charge in [-0.3, -0.25) is 0 Å². The van der Waals surface area contributed by atoms with Crippen LogP contribution in [-0.4, -0.2) is 12.6 Å². The average Bonchev–Trinajstić information content (AvgIpc) is 2.20. The Kier molecular flexibility index (Phi) is 7.38. The Hall–Kier alpha value is -0.480. The number of rotatable bonds is 5. The van der Waals surface area contributed by atoms with E-state index in [1.54, 1.807) is 0 Å². The monoisotopic (exact) mass is 207 g/mol. The molecule has 0 heterocycles. The van der Waals surface area contributed by atoms with E-state index in [4.69, 9.17) is 6.42 Å². The van der Waals surface area contributed by atoms with Crippen molar-refractivity contribution in [3.63, 3.8) is 0 Å². The largest absolute Gasteiger partial charge is 0.314 e. The number of unbranched alkanes of at least 4 members (excludes halogenated alkanes) is 2. The second kappa shape index (κ2) is 8.80. The van der Waals surface area contributed by atoms with Crippen molar-refractivity contribution in [2.45, 2.75) is 70.3 Å². The zero-order valence-corrected chi connectivity index (χ0v) is 9.93. The van der Waals surface area contributed by atoms with E-state index < -0.39 is 0 Å². The van der Waals surface area contributed by atoms with Crippen LogP contribution in [0.15, 0.2) is 0 Å². The van der Waals surface area contributed by atoms with Gasteiger partial charge in [0, 0.05) is 12.5 Å². The predicted octanol–water partition coefficient (Wildman–Crippen LogP) is 3.49. The van der Waals surface area contributed by atoms with Gasteiger partial charge in [-0.25, -0.2) is 0 Å². The molecule has 86 valence electrons. The number of hydrogen-bond acceptors (Lipinski definition) is 1. The highest BCUT2D eigenvalue weighted by Gasteiger charge is 2.09. The highest BCUT2D eigenvalue weighted by Crippen LogP contribution is 2.16. The third-order valence-electron chi connectivity index (χ3n) is 3.29. The maximum Gasteiger partial charge on any atom is 0.00865 e. The summed E-state index contributed by atoms with van der Waals surface area (Å²) in [4.78, 5) is 0. The molecule has 0 aromatic heterocycles. The Labute approximate surface area is 95.0 Å². The predicted molar refractivity (Wildman–Crippen MR) is 66.8 cm³/mol. The van der Waals surface area contributed by atoms with Gasteiger partial charge in [0.25, 0.3) is 0 Å². The van der Waals surface area contributed by atoms with Gasteiger partial charge in [-0.05, 0) is 32.2 Å². The molecule has 0 bridgehead atoms. The van der Waals surface area contributed by atoms with Crippen LogP contribution in [0.1, 0.15) is 64.2 Å². The summed E-state index contributed by atoms with van der Waals surface area (Å²) < 4.78 is 0. The first-order valence-corrected chi connectivity index (χ1v) is 6.60. The second-order valence-corrected chi connectivity index (χ2v) is 4.66. The van der Waals surface area contributed by atoms with Crippen LogP contribution in [0.3, 0.4) is 0 Å². The lowest BCUT2D eigenvalue weighted by Crippen LogP contribution is -2.30. The van der Waals surface area contributed by atoms with E-state index in [2.05, 4.69) is 11.2 Å². The zero-order chi connectivity index (χ0) is 10.8. The van der Waals surface area contributed by atoms with Crippen LogP contribution in [0.2, 0.25) is 0 Å². The molecule has 1 aliphatic rings. The summed E-state index contributed by atoms with van der Waals surface area (Å²) in [7, 11) is 0. The first kappa shape index (κ1) is 12.6. The van der Waals surface area contributed by atoms with Gasteiger partial charge in [-0.15, -0.1) is 12.3 Å². The quantitative estimate of drug-likeness (QED) is 0.537. The van der Waals surface area contributed by atoms with Crippen molar-refractivity contribution < 1.29 is 0 Å². The Balaban J connectivity index is 2.00. The lowest BCUT2D eigenvalue weighted by atomic mass is 9.96. The van der Waals surface area contributed by atoms with Crippen LogP contribution >= 0.6 is 0 Å². The van der Waals surface area contributed by atoms with E-state index in [0.717, 1.165) is 19.0 Å². The van der Waals surface area contributed by atoms with Gasteiger partial charge in [0.1, 0.15) is 0 Å². The molecule has 0 atom stereocenters. The Morgan fingerprint density at radius 3 is 2.33 bits per heavy atom. The Bertz CT molecular complexity index is 172. The zero-order valence-electron chi connectivity index (χ0n) is 9.93. The third-order valence-corrected chi connectivity index (χ3v) is 3.29. The smallest absolute Gasteiger partial charge is 0.00865 e. The highest BCUT2D eigenvalue weighted by atomic mass is 14.9. The van der Waals surface area contributed by atoms with Gasteiger partial charge in [0.05, 0.1) is 0 Å². The fourth-order valence-corrected chi connectivity index (χ4v) is 2.32. The molecular weight excluding hydrogens is 182 g/mol. The van der Waals surface area contributed by atoms with Crippen molar-refractivity contribution in [1.82, 2.24) is 5.32 Å². The molecule has 1 rings (SSSR count). The molecule has 1 aliphatic carbocycles. The standard InChI is InChI=1S/C14H25N/c1-2-3-4-10-13-15-14-11-8-6-5-7-9-12-14/h1,14-15H,3-13H2. The van der Waals surface area contributed by atoms with Gasteiger partial charge in [0.2, 0.25) is 0 Å². The van der Waals surface area contributed by atoms with E-state index in [1.165, 1.54) is 57.8 Å². The van der Waals surface area contributed by atoms with Gasteiger partial charge < -0.3 is 5.32 Å². The minimum absolute atomic E-state index is 0.788. The number of terminal acetylenes is 1. The van der Waals surface area contributed by atoms with E-state index in [0.29, 0.717) is 0 Å². The average molecular weight is 207 g/mol. The summed E-state index contributed by atoms with van der Waals surface area (Å²) in [5.41, 5.74) is 0. The van der Waals surface area contributed by atoms with Crippen molar-refractivity contribution >= 4 is 0 Å². The number of hydrogen-bond donors (Lipinski definition) is 1. The molecule has 0 radical (unpaired) electrons. The maximum absolute atomic E-state index is 5.22. The van der Waals surface area contributed by atoms with Crippen molar-refractivity contribution in [3.8, 4) is 12.3 Å². The van der Waals surface area contributed by atoms with Crippen LogP contribution in [-0.2, 0) is 0 Å². The summed E-state index contributed by atoms with van der Waals surface area (Å²) in [5.74, 6) is 2.70. The fourth-order valence-electron chi connectivity index (χ4n) is 2.32. The lowest BCUT2D eigenvalue weighted by molar-refractivity contribution is 0.387. The molecule has 1 saturated carbocycles. The fraction of sp³-hybridized carbons (Fsp3) is 0.857. The topological polar surface area (TPSA) is 12.0 Å². The summed E-state index contributed by atoms with van der Waals surface area (Å²) >= 11 is 0. The molecule has 0 saturated heterocycles. The van der Waals surface area contributed by atoms with Gasteiger partial charge in [-0.2, -0.15) is 0 Å². The van der Waals surface area contributed by atoms with Crippen LogP contribution in [0, 0.1) is 12.3 Å². The molecule has 15 heavy (non-hydrogen) atoms. The molecule has 1 N–H and O–H groups in total. The third kappa shape index (κ3) is 6.57. The molecule has 0 aromatic carbocycles. The lowest BCUT2D eigenvalue weighted by Gasteiger charge is -2.20. The molecule has 1 heteroatoms. The molecule has 0 aliphatic heterocycles. The Morgan fingerprint density at radius 1 is 1.00 bits per heavy atom. The maximum atomic E-state index is 5.22. The SMILES string of the molecule is C#CCCCCNC1CCCCCCC1. The van der Waals surface area contributed by atoms with Crippen LogP contribution in [0.5, 0.6) is 0 Å². The van der Waals surface area contributed by atoms with Crippen molar-refractivity contribution in [1.29, 1.82) is 0 Å². The molecule has 0 amide bonds. The van der Waals surface area contributed by atoms with Crippen LogP contribution in [0.25, 0.3) is 0 Å². The summed E-state index contributed by atoms with van der Waals surface area (Å²) in [6.07, 6.45) is 18.5. The molecule has 0 aromatic rings. The first-order chi connectivity index (χ1) is 7.43. The Morgan fingerprint density at radius 2 is 1.67 bits per heavy atom. The van der Waals surface area contributed by atoms with Crippen molar-refractivity contribution in [2.24, 2.45) is 0 Å². The number of nitrogens with one attached hydrogen (secondary N) is 1. The minimum Gasteiger partial charge on any atom is -0.314 e.